The lowest BCUT2D eigenvalue weighted by Gasteiger charge is -2.18. The zero-order valence-corrected chi connectivity index (χ0v) is 10.3. The molecule has 0 aliphatic heterocycles. The molecule has 1 aromatic heterocycles. The van der Waals surface area contributed by atoms with E-state index in [1.807, 2.05) is 6.07 Å². The van der Waals surface area contributed by atoms with Crippen LogP contribution in [0.5, 0.6) is 5.88 Å². The highest BCUT2D eigenvalue weighted by Crippen LogP contribution is 2.48. The van der Waals surface area contributed by atoms with Crippen LogP contribution >= 0.6 is 0 Å². The van der Waals surface area contributed by atoms with Gasteiger partial charge in [0.15, 0.2) is 0 Å². The molecule has 2 rings (SSSR count). The van der Waals surface area contributed by atoms with E-state index in [9.17, 15) is 8.78 Å². The van der Waals surface area contributed by atoms with Crippen LogP contribution in [0, 0.1) is 5.92 Å². The maximum absolute atomic E-state index is 12.6. The number of alkyl halides is 2. The number of hydrogen-bond acceptors (Lipinski definition) is 2. The molecule has 1 aliphatic carbocycles. The fourth-order valence-corrected chi connectivity index (χ4v) is 1.55. The molecule has 1 saturated carbocycles. The summed E-state index contributed by atoms with van der Waals surface area (Å²) in [7, 11) is 0. The van der Waals surface area contributed by atoms with Crippen LogP contribution < -0.4 is 4.74 Å². The predicted molar refractivity (Wildman–Crippen MR) is 61.5 cm³/mol. The van der Waals surface area contributed by atoms with Gasteiger partial charge in [0.2, 0.25) is 5.88 Å². The van der Waals surface area contributed by atoms with Gasteiger partial charge in [0.05, 0.1) is 12.5 Å². The first kappa shape index (κ1) is 12.3. The lowest BCUT2D eigenvalue weighted by Crippen LogP contribution is -2.12. The molecule has 1 atom stereocenters. The van der Waals surface area contributed by atoms with Crippen molar-refractivity contribution in [3.8, 4) is 5.88 Å². The number of hydrogen-bond donors (Lipinski definition) is 0. The highest BCUT2D eigenvalue weighted by molar-refractivity contribution is 5.23. The van der Waals surface area contributed by atoms with Gasteiger partial charge in [-0.2, -0.15) is 0 Å². The molecule has 0 radical (unpaired) electrons. The van der Waals surface area contributed by atoms with Gasteiger partial charge in [0.1, 0.15) is 0 Å². The summed E-state index contributed by atoms with van der Waals surface area (Å²) in [5.74, 6) is -2.74. The minimum absolute atomic E-state index is 0.0368. The first-order chi connectivity index (χ1) is 7.79. The summed E-state index contributed by atoms with van der Waals surface area (Å²) < 4.78 is 30.5. The predicted octanol–water partition coefficient (Wildman–Crippen LogP) is 3.41. The second-order valence-corrected chi connectivity index (χ2v) is 5.61. The Labute approximate surface area is 100 Å². The molecule has 0 amide bonds. The van der Waals surface area contributed by atoms with Crippen molar-refractivity contribution >= 4 is 0 Å². The zero-order chi connectivity index (χ0) is 12.7. The van der Waals surface area contributed by atoms with Gasteiger partial charge in [0, 0.05) is 18.7 Å². The minimum Gasteiger partial charge on any atom is -0.477 e. The van der Waals surface area contributed by atoms with E-state index in [0.29, 0.717) is 5.88 Å². The van der Waals surface area contributed by atoms with Crippen molar-refractivity contribution in [2.45, 2.75) is 38.5 Å². The SMILES string of the molecule is CC(C)(C)c1ccc(OCC2CC2(F)F)nc1. The summed E-state index contributed by atoms with van der Waals surface area (Å²) in [6.07, 6.45) is 1.67. The van der Waals surface area contributed by atoms with Crippen molar-refractivity contribution in [1.82, 2.24) is 4.98 Å². The van der Waals surface area contributed by atoms with E-state index in [-0.39, 0.29) is 18.4 Å². The van der Waals surface area contributed by atoms with E-state index in [2.05, 4.69) is 25.8 Å². The molecule has 1 fully saturated rings. The van der Waals surface area contributed by atoms with Crippen LogP contribution in [0.1, 0.15) is 32.8 Å². The van der Waals surface area contributed by atoms with E-state index in [1.165, 1.54) is 0 Å². The summed E-state index contributed by atoms with van der Waals surface area (Å²) in [5.41, 5.74) is 1.14. The fourth-order valence-electron chi connectivity index (χ4n) is 1.55. The normalized spacial score (nSPS) is 22.3. The average Bonchev–Trinajstić information content (AvgIpc) is 2.83. The average molecular weight is 241 g/mol. The third-order valence-electron chi connectivity index (χ3n) is 2.99. The van der Waals surface area contributed by atoms with Gasteiger partial charge in [0.25, 0.3) is 5.92 Å². The van der Waals surface area contributed by atoms with Gasteiger partial charge in [-0.3, -0.25) is 0 Å². The highest BCUT2D eigenvalue weighted by Gasteiger charge is 2.57. The summed E-state index contributed by atoms with van der Waals surface area (Å²) in [6, 6.07) is 3.66. The van der Waals surface area contributed by atoms with Crippen LogP contribution in [0.3, 0.4) is 0 Å². The zero-order valence-electron chi connectivity index (χ0n) is 10.3. The second kappa shape index (κ2) is 3.93. The molecule has 17 heavy (non-hydrogen) atoms. The Morgan fingerprint density at radius 3 is 2.47 bits per heavy atom. The van der Waals surface area contributed by atoms with E-state index >= 15 is 0 Å². The quantitative estimate of drug-likeness (QED) is 0.809. The van der Waals surface area contributed by atoms with Crippen LogP contribution in [0.4, 0.5) is 8.78 Å². The van der Waals surface area contributed by atoms with E-state index < -0.39 is 11.8 Å². The Kier molecular flexibility index (Phi) is 2.84. The summed E-state index contributed by atoms with van der Waals surface area (Å²) in [5, 5.41) is 0. The van der Waals surface area contributed by atoms with Gasteiger partial charge in [-0.1, -0.05) is 26.8 Å². The van der Waals surface area contributed by atoms with Crippen LogP contribution in [0.15, 0.2) is 18.3 Å². The van der Waals surface area contributed by atoms with Crippen molar-refractivity contribution < 1.29 is 13.5 Å². The third kappa shape index (κ3) is 2.93. The summed E-state index contributed by atoms with van der Waals surface area (Å²) >= 11 is 0. The van der Waals surface area contributed by atoms with Gasteiger partial charge >= 0.3 is 0 Å². The number of halogens is 2. The first-order valence-corrected chi connectivity index (χ1v) is 5.76. The molecule has 0 N–H and O–H groups in total. The molecular formula is C13H17F2NO. The summed E-state index contributed by atoms with van der Waals surface area (Å²) in [6.45, 7) is 6.33. The van der Waals surface area contributed by atoms with Crippen LogP contribution in [-0.4, -0.2) is 17.5 Å². The molecule has 2 nitrogen and oxygen atoms in total. The van der Waals surface area contributed by atoms with E-state index in [4.69, 9.17) is 4.74 Å². The van der Waals surface area contributed by atoms with Crippen LogP contribution in [0.2, 0.25) is 0 Å². The molecule has 1 unspecified atom stereocenters. The van der Waals surface area contributed by atoms with Crippen molar-refractivity contribution in [1.29, 1.82) is 0 Å². The van der Waals surface area contributed by atoms with E-state index in [1.54, 1.807) is 12.3 Å². The molecular weight excluding hydrogens is 224 g/mol. The minimum atomic E-state index is -2.52. The maximum atomic E-state index is 12.6. The highest BCUT2D eigenvalue weighted by atomic mass is 19.3. The van der Waals surface area contributed by atoms with Gasteiger partial charge < -0.3 is 4.74 Å². The Morgan fingerprint density at radius 2 is 2.06 bits per heavy atom. The molecule has 1 aliphatic rings. The molecule has 1 aromatic rings. The Balaban J connectivity index is 1.91. The molecule has 0 aromatic carbocycles. The largest absolute Gasteiger partial charge is 0.477 e. The molecule has 0 bridgehead atoms. The summed E-state index contributed by atoms with van der Waals surface area (Å²) in [4.78, 5) is 4.13. The monoisotopic (exact) mass is 241 g/mol. The number of rotatable bonds is 3. The second-order valence-electron chi connectivity index (χ2n) is 5.61. The standard InChI is InChI=1S/C13H17F2NO/c1-12(2,3)9-4-5-11(16-7-9)17-8-10-6-13(10,14)15/h4-5,7,10H,6,8H2,1-3H3. The maximum Gasteiger partial charge on any atom is 0.255 e. The van der Waals surface area contributed by atoms with Crippen molar-refractivity contribution in [2.75, 3.05) is 6.61 Å². The Morgan fingerprint density at radius 1 is 1.41 bits per heavy atom. The number of nitrogens with zero attached hydrogens (tertiary/aromatic N) is 1. The lowest BCUT2D eigenvalue weighted by molar-refractivity contribution is 0.0849. The molecule has 0 spiro atoms. The van der Waals surface area contributed by atoms with Gasteiger partial charge in [-0.15, -0.1) is 0 Å². The molecule has 94 valence electrons. The molecule has 0 saturated heterocycles. The first-order valence-electron chi connectivity index (χ1n) is 5.76. The fraction of sp³-hybridized carbons (Fsp3) is 0.615. The lowest BCUT2D eigenvalue weighted by atomic mass is 9.88. The van der Waals surface area contributed by atoms with Crippen LogP contribution in [0.25, 0.3) is 0 Å². The number of ether oxygens (including phenoxy) is 1. The number of aromatic nitrogens is 1. The topological polar surface area (TPSA) is 22.1 Å². The molecule has 4 heteroatoms. The van der Waals surface area contributed by atoms with Gasteiger partial charge in [-0.05, 0) is 11.0 Å². The smallest absolute Gasteiger partial charge is 0.255 e. The van der Waals surface area contributed by atoms with Gasteiger partial charge in [-0.25, -0.2) is 13.8 Å². The van der Waals surface area contributed by atoms with Crippen molar-refractivity contribution in [2.24, 2.45) is 5.92 Å². The van der Waals surface area contributed by atoms with E-state index in [0.717, 1.165) is 5.56 Å². The van der Waals surface area contributed by atoms with Crippen LogP contribution in [-0.2, 0) is 5.41 Å². The Bertz CT molecular complexity index is 395. The van der Waals surface area contributed by atoms with Crippen molar-refractivity contribution in [3.63, 3.8) is 0 Å². The third-order valence-corrected chi connectivity index (χ3v) is 2.99. The number of pyridine rings is 1. The molecule has 1 heterocycles. The van der Waals surface area contributed by atoms with Crippen molar-refractivity contribution in [3.05, 3.63) is 23.9 Å². The Hall–Kier alpha value is -1.19.